The van der Waals surface area contributed by atoms with Crippen molar-refractivity contribution in [1.29, 1.82) is 0 Å². The Morgan fingerprint density at radius 1 is 1.05 bits per heavy atom. The van der Waals surface area contributed by atoms with Crippen LogP contribution in [0, 0.1) is 0 Å². The van der Waals surface area contributed by atoms with Gasteiger partial charge < -0.3 is 5.73 Å². The second-order valence-corrected chi connectivity index (χ2v) is 7.46. The zero-order valence-electron chi connectivity index (χ0n) is 11.5. The van der Waals surface area contributed by atoms with E-state index in [0.717, 1.165) is 18.7 Å². The Bertz CT molecular complexity index is 559. The summed E-state index contributed by atoms with van der Waals surface area (Å²) in [5, 5.41) is 0. The van der Waals surface area contributed by atoms with Gasteiger partial charge >= 0.3 is 0 Å². The van der Waals surface area contributed by atoms with E-state index in [2.05, 4.69) is 4.90 Å². The lowest BCUT2D eigenvalue weighted by molar-refractivity contribution is 0.180. The molecule has 6 heteroatoms. The van der Waals surface area contributed by atoms with Crippen molar-refractivity contribution in [3.63, 3.8) is 0 Å². The fraction of sp³-hybridized carbons (Fsp3) is 0.571. The van der Waals surface area contributed by atoms with Crippen molar-refractivity contribution in [2.24, 2.45) is 5.73 Å². The lowest BCUT2D eigenvalue weighted by Gasteiger charge is -2.34. The number of nitrogens with zero attached hydrogens (tertiary/aromatic N) is 2. The first-order valence-electron chi connectivity index (χ1n) is 7.14. The highest BCUT2D eigenvalue weighted by Crippen LogP contribution is 2.28. The standard InChI is InChI=1S/C14H21N3O2S/c15-11-12-1-5-14(6-2-12)20(18,19)17-9-7-16(8-10-17)13-3-4-13/h1-2,5-6,13H,3-4,7-11,15H2. The molecule has 1 aliphatic carbocycles. The maximum Gasteiger partial charge on any atom is 0.243 e. The molecule has 20 heavy (non-hydrogen) atoms. The molecule has 2 fully saturated rings. The van der Waals surface area contributed by atoms with Crippen molar-refractivity contribution >= 4 is 10.0 Å². The fourth-order valence-corrected chi connectivity index (χ4v) is 4.12. The van der Waals surface area contributed by atoms with Gasteiger partial charge in [-0.2, -0.15) is 4.31 Å². The minimum Gasteiger partial charge on any atom is -0.326 e. The van der Waals surface area contributed by atoms with E-state index in [1.165, 1.54) is 12.8 Å². The van der Waals surface area contributed by atoms with E-state index < -0.39 is 10.0 Å². The molecule has 0 unspecified atom stereocenters. The third kappa shape index (κ3) is 2.74. The third-order valence-corrected chi connectivity index (χ3v) is 6.05. The fourth-order valence-electron chi connectivity index (χ4n) is 2.70. The summed E-state index contributed by atoms with van der Waals surface area (Å²) in [5.74, 6) is 0. The molecule has 0 bridgehead atoms. The summed E-state index contributed by atoms with van der Waals surface area (Å²) in [6.07, 6.45) is 2.54. The number of hydrogen-bond donors (Lipinski definition) is 1. The predicted molar refractivity (Wildman–Crippen MR) is 77.7 cm³/mol. The van der Waals surface area contributed by atoms with Crippen LogP contribution in [0.4, 0.5) is 0 Å². The highest BCUT2D eigenvalue weighted by Gasteiger charge is 2.34. The van der Waals surface area contributed by atoms with Gasteiger partial charge in [0, 0.05) is 38.8 Å². The van der Waals surface area contributed by atoms with Gasteiger partial charge in [0.1, 0.15) is 0 Å². The topological polar surface area (TPSA) is 66.6 Å². The first-order valence-corrected chi connectivity index (χ1v) is 8.58. The molecule has 0 amide bonds. The Hall–Kier alpha value is -0.950. The quantitative estimate of drug-likeness (QED) is 0.884. The summed E-state index contributed by atoms with van der Waals surface area (Å²) in [7, 11) is -3.35. The van der Waals surface area contributed by atoms with Crippen molar-refractivity contribution in [3.05, 3.63) is 29.8 Å². The largest absolute Gasteiger partial charge is 0.326 e. The van der Waals surface area contributed by atoms with Crippen molar-refractivity contribution in [2.75, 3.05) is 26.2 Å². The average molecular weight is 295 g/mol. The number of benzene rings is 1. The molecule has 5 nitrogen and oxygen atoms in total. The molecule has 1 aliphatic heterocycles. The first kappa shape index (κ1) is 14.0. The average Bonchev–Trinajstić information content (AvgIpc) is 3.32. The van der Waals surface area contributed by atoms with Gasteiger partial charge in [0.2, 0.25) is 10.0 Å². The predicted octanol–water partition coefficient (Wildman–Crippen LogP) is 0.614. The molecular formula is C14H21N3O2S. The molecule has 2 N–H and O–H groups in total. The van der Waals surface area contributed by atoms with Crippen molar-refractivity contribution < 1.29 is 8.42 Å². The van der Waals surface area contributed by atoms with Crippen LogP contribution in [0.2, 0.25) is 0 Å². The first-order chi connectivity index (χ1) is 9.61. The Morgan fingerprint density at radius 2 is 1.65 bits per heavy atom. The molecule has 110 valence electrons. The second-order valence-electron chi connectivity index (χ2n) is 5.52. The summed E-state index contributed by atoms with van der Waals surface area (Å²) < 4.78 is 26.7. The lowest BCUT2D eigenvalue weighted by atomic mass is 10.2. The van der Waals surface area contributed by atoms with E-state index in [1.807, 2.05) is 0 Å². The van der Waals surface area contributed by atoms with E-state index >= 15 is 0 Å². The van der Waals surface area contributed by atoms with Gasteiger partial charge in [-0.15, -0.1) is 0 Å². The van der Waals surface area contributed by atoms with E-state index in [9.17, 15) is 8.42 Å². The van der Waals surface area contributed by atoms with Crippen LogP contribution in [0.25, 0.3) is 0 Å². The number of hydrogen-bond acceptors (Lipinski definition) is 4. The Balaban J connectivity index is 1.71. The van der Waals surface area contributed by atoms with Crippen molar-refractivity contribution in [2.45, 2.75) is 30.3 Å². The Labute approximate surface area is 120 Å². The second kappa shape index (κ2) is 5.44. The SMILES string of the molecule is NCc1ccc(S(=O)(=O)N2CCN(C3CC3)CC2)cc1. The van der Waals surface area contributed by atoms with E-state index in [0.29, 0.717) is 30.6 Å². The monoisotopic (exact) mass is 295 g/mol. The molecule has 1 saturated heterocycles. The number of rotatable bonds is 4. The molecule has 1 heterocycles. The van der Waals surface area contributed by atoms with Gasteiger partial charge in [0.15, 0.2) is 0 Å². The molecule has 0 spiro atoms. The van der Waals surface area contributed by atoms with Crippen LogP contribution in [0.3, 0.4) is 0 Å². The van der Waals surface area contributed by atoms with Crippen LogP contribution in [0.15, 0.2) is 29.2 Å². The summed E-state index contributed by atoms with van der Waals surface area (Å²) in [4.78, 5) is 2.78. The highest BCUT2D eigenvalue weighted by atomic mass is 32.2. The minimum absolute atomic E-state index is 0.370. The molecule has 2 aliphatic rings. The van der Waals surface area contributed by atoms with E-state index in [1.54, 1.807) is 28.6 Å². The summed E-state index contributed by atoms with van der Waals surface area (Å²) in [5.41, 5.74) is 6.48. The maximum atomic E-state index is 12.6. The molecule has 1 aromatic rings. The van der Waals surface area contributed by atoms with Gasteiger partial charge in [-0.1, -0.05) is 12.1 Å². The molecular weight excluding hydrogens is 274 g/mol. The molecule has 3 rings (SSSR count). The minimum atomic E-state index is -3.35. The summed E-state index contributed by atoms with van der Waals surface area (Å²) in [6, 6.07) is 7.60. The van der Waals surface area contributed by atoms with Gasteiger partial charge in [-0.3, -0.25) is 4.90 Å². The third-order valence-electron chi connectivity index (χ3n) is 4.13. The molecule has 1 saturated carbocycles. The lowest BCUT2D eigenvalue weighted by Crippen LogP contribution is -2.49. The maximum absolute atomic E-state index is 12.6. The van der Waals surface area contributed by atoms with Crippen LogP contribution in [0.5, 0.6) is 0 Å². The summed E-state index contributed by atoms with van der Waals surface area (Å²) in [6.45, 7) is 3.32. The number of nitrogens with two attached hydrogens (primary N) is 1. The van der Waals surface area contributed by atoms with Gasteiger partial charge in [0.25, 0.3) is 0 Å². The molecule has 0 atom stereocenters. The molecule has 1 aromatic carbocycles. The van der Waals surface area contributed by atoms with Crippen molar-refractivity contribution in [1.82, 2.24) is 9.21 Å². The summed E-state index contributed by atoms with van der Waals surface area (Å²) >= 11 is 0. The van der Waals surface area contributed by atoms with E-state index in [4.69, 9.17) is 5.73 Å². The van der Waals surface area contributed by atoms with Gasteiger partial charge in [0.05, 0.1) is 4.90 Å². The highest BCUT2D eigenvalue weighted by molar-refractivity contribution is 7.89. The van der Waals surface area contributed by atoms with Gasteiger partial charge in [-0.05, 0) is 30.5 Å². The van der Waals surface area contributed by atoms with Crippen LogP contribution < -0.4 is 5.73 Å². The zero-order chi connectivity index (χ0) is 14.2. The normalized spacial score (nSPS) is 22.1. The van der Waals surface area contributed by atoms with Gasteiger partial charge in [-0.25, -0.2) is 8.42 Å². The Morgan fingerprint density at radius 3 is 2.15 bits per heavy atom. The Kier molecular flexibility index (Phi) is 3.81. The van der Waals surface area contributed by atoms with Crippen LogP contribution in [-0.4, -0.2) is 49.8 Å². The van der Waals surface area contributed by atoms with Crippen LogP contribution in [0.1, 0.15) is 18.4 Å². The van der Waals surface area contributed by atoms with Crippen LogP contribution >= 0.6 is 0 Å². The van der Waals surface area contributed by atoms with E-state index in [-0.39, 0.29) is 0 Å². The van der Waals surface area contributed by atoms with Crippen LogP contribution in [-0.2, 0) is 16.6 Å². The smallest absolute Gasteiger partial charge is 0.243 e. The molecule has 0 radical (unpaired) electrons. The van der Waals surface area contributed by atoms with Crippen molar-refractivity contribution in [3.8, 4) is 0 Å². The number of piperazine rings is 1. The molecule has 0 aromatic heterocycles. The number of sulfonamides is 1. The zero-order valence-corrected chi connectivity index (χ0v) is 12.3.